The molecule has 0 aromatic rings. The maximum Gasteiger partial charge on any atom is 0.248 e. The van der Waals surface area contributed by atoms with Crippen molar-refractivity contribution < 1.29 is 101 Å². The molecule has 0 radical (unpaired) electrons. The number of primary amides is 2. The van der Waals surface area contributed by atoms with Crippen molar-refractivity contribution in [3.63, 3.8) is 0 Å². The largest absolute Gasteiger partial charge is 0.394 e. The van der Waals surface area contributed by atoms with Gasteiger partial charge in [-0.05, 0) is 191 Å². The first-order valence-electron chi connectivity index (χ1n) is 42.5. The lowest BCUT2D eigenvalue weighted by Gasteiger charge is -2.37. The standard InChI is InChI=1S/C83H146N20O21/c1-27-81(24,100-66(115)54(39-46(8)9)90-61(110)48(12)88-59(108)41-86-68(117)76(14,15)95-49(13)105)72(121)93-52(33-35-58(85)107)63(112)99-82(25,28-2)73(122)94-55(40-47(10)11)65(114)97-77(16,17)69(118)87-42-60(109)96-83(26,29-3)74(123)102-80(22,23)75(124)103-36-30-31-56(103)67(116)91-53(38-45(6)7)64(113)98-79(20,21)71(120)101-78(18,19)70(119)92-51(32-34-57(84)106)62(111)89-50(43-104)37-44(4)5/h44-48,50-56,104H,27-43H2,1-26H3,(H2,84,106)(H2,85,107)(H,86,117)(H,87,118)(H,88,108)(H,89,111)(H,90,110)(H,91,116)(H,92,119)(H,93,121)(H,94,122)(H,95,105)(H,96,109)(H,97,114)(H,98,113)(H,99,112)(H,100,115)(H,101,120)(H,102,123)/t48-,50+,51-,52-,53-,54+,55+,56-,81+,82-,83+/m0/s1. The Labute approximate surface area is 728 Å². The van der Waals surface area contributed by atoms with Gasteiger partial charge in [-0.25, -0.2) is 0 Å². The van der Waals surface area contributed by atoms with Crippen LogP contribution in [0.1, 0.15) is 263 Å². The Balaban J connectivity index is 3.29. The zero-order valence-electron chi connectivity index (χ0n) is 77.7. The quantitative estimate of drug-likeness (QED) is 0.0304. The number of aliphatic hydroxyl groups excluding tert-OH is 1. The summed E-state index contributed by atoms with van der Waals surface area (Å²) in [7, 11) is 0. The first-order chi connectivity index (χ1) is 56.7. The van der Waals surface area contributed by atoms with Crippen molar-refractivity contribution in [3.8, 4) is 0 Å². The summed E-state index contributed by atoms with van der Waals surface area (Å²) in [6.07, 6.45) is -0.595. The van der Waals surface area contributed by atoms with Gasteiger partial charge in [0, 0.05) is 26.3 Å². The van der Waals surface area contributed by atoms with Crippen LogP contribution < -0.4 is 102 Å². The Morgan fingerprint density at radius 3 is 1.16 bits per heavy atom. The van der Waals surface area contributed by atoms with E-state index in [1.165, 1.54) is 109 Å². The highest BCUT2D eigenvalue weighted by Crippen LogP contribution is 2.25. The van der Waals surface area contributed by atoms with E-state index in [9.17, 15) is 101 Å². The minimum absolute atomic E-state index is 0.0154. The number of hydrogen-bond donors (Lipinski definition) is 20. The third-order valence-corrected chi connectivity index (χ3v) is 21.2. The molecule has 0 aliphatic carbocycles. The SMILES string of the molecule is CC[C@@](C)(NC(=O)CNC(=O)C(C)(C)NC(=O)[C@@H](CC(C)C)NC(=O)[C@](C)(CC)NC(=O)[C@H](CCC(N)=O)NC(=O)[C@@](C)(CC)NC(=O)[C@@H](CC(C)C)NC(=O)[C@H](C)NC(=O)CNC(=O)C(C)(C)NC(C)=O)C(=O)NC(C)(C)C(=O)N1CCC[C@H]1C(=O)N[C@@H](CC(C)C)C(=O)NC(C)(C)C(=O)NC(C)(C)C(=O)N[C@@H](CCC(N)=O)C(=O)N[C@@H](CO)CC(C)C. The summed E-state index contributed by atoms with van der Waals surface area (Å²) in [5.74, 6) is -16.6. The van der Waals surface area contributed by atoms with Gasteiger partial charge >= 0.3 is 0 Å². The molecule has 1 heterocycles. The van der Waals surface area contributed by atoms with E-state index < -0.39 is 243 Å². The summed E-state index contributed by atoms with van der Waals surface area (Å²) in [4.78, 5) is 274. The summed E-state index contributed by atoms with van der Waals surface area (Å²) in [5, 5.41) is 53.9. The van der Waals surface area contributed by atoms with Gasteiger partial charge < -0.3 is 112 Å². The molecular weight excluding hydrogens is 1610 g/mol. The van der Waals surface area contributed by atoms with Crippen LogP contribution in [-0.4, -0.2) is 247 Å². The molecule has 20 amide bonds. The minimum atomic E-state index is -1.85. The monoisotopic (exact) mass is 1760 g/mol. The molecule has 22 N–H and O–H groups in total. The number of nitrogens with two attached hydrogens (primary N) is 2. The van der Waals surface area contributed by atoms with Crippen molar-refractivity contribution in [3.05, 3.63) is 0 Å². The second-order valence-electron chi connectivity index (χ2n) is 37.2. The maximum absolute atomic E-state index is 14.5. The number of hydrogen-bond acceptors (Lipinski definition) is 21. The van der Waals surface area contributed by atoms with Crippen LogP contribution in [0, 0.1) is 23.7 Å². The van der Waals surface area contributed by atoms with Crippen molar-refractivity contribution >= 4 is 118 Å². The summed E-state index contributed by atoms with van der Waals surface area (Å²) in [5.41, 5.74) is -2.91. The fourth-order valence-electron chi connectivity index (χ4n) is 12.9. The number of rotatable bonds is 52. The molecule has 1 aliphatic rings. The van der Waals surface area contributed by atoms with E-state index in [4.69, 9.17) is 11.5 Å². The zero-order valence-corrected chi connectivity index (χ0v) is 77.7. The molecule has 0 unspecified atom stereocenters. The van der Waals surface area contributed by atoms with Crippen LogP contribution >= 0.6 is 0 Å². The highest BCUT2D eigenvalue weighted by atomic mass is 16.3. The fraction of sp³-hybridized carbons (Fsp3) is 0.759. The molecule has 1 rings (SSSR count). The van der Waals surface area contributed by atoms with Gasteiger partial charge in [-0.2, -0.15) is 0 Å². The summed E-state index contributed by atoms with van der Waals surface area (Å²) >= 11 is 0. The molecule has 0 bridgehead atoms. The Kier molecular flexibility index (Phi) is 43.1. The fourth-order valence-corrected chi connectivity index (χ4v) is 12.9. The lowest BCUT2D eigenvalue weighted by molar-refractivity contribution is -0.146. The lowest BCUT2D eigenvalue weighted by Crippen LogP contribution is -2.66. The Hall–Kier alpha value is -10.6. The molecule has 704 valence electrons. The van der Waals surface area contributed by atoms with Crippen LogP contribution in [0.4, 0.5) is 0 Å². The second kappa shape index (κ2) is 48.0. The highest BCUT2D eigenvalue weighted by Gasteiger charge is 2.48. The van der Waals surface area contributed by atoms with Crippen LogP contribution in [0.15, 0.2) is 0 Å². The molecule has 41 heteroatoms. The second-order valence-corrected chi connectivity index (χ2v) is 37.2. The summed E-state index contributed by atoms with van der Waals surface area (Å²) in [6, 6.07) is -9.84. The first-order valence-corrected chi connectivity index (χ1v) is 42.5. The smallest absolute Gasteiger partial charge is 0.248 e. The Morgan fingerprint density at radius 1 is 0.371 bits per heavy atom. The molecule has 11 atom stereocenters. The normalized spacial score (nSPS) is 16.3. The maximum atomic E-state index is 14.5. The molecule has 0 aromatic heterocycles. The third kappa shape index (κ3) is 35.9. The number of nitrogens with zero attached hydrogens (tertiary/aromatic N) is 1. The predicted octanol–water partition coefficient (Wildman–Crippen LogP) is -2.32. The van der Waals surface area contributed by atoms with Gasteiger partial charge in [0.1, 0.15) is 86.6 Å². The highest BCUT2D eigenvalue weighted by molar-refractivity contribution is 6.04. The van der Waals surface area contributed by atoms with Crippen LogP contribution in [0.3, 0.4) is 0 Å². The molecule has 0 aromatic carbocycles. The Bertz CT molecular complexity index is 3860. The molecule has 124 heavy (non-hydrogen) atoms. The van der Waals surface area contributed by atoms with Gasteiger partial charge in [0.15, 0.2) is 0 Å². The van der Waals surface area contributed by atoms with Gasteiger partial charge in [-0.3, -0.25) is 95.9 Å². The summed E-state index contributed by atoms with van der Waals surface area (Å²) in [6.45, 7) is 37.8. The number of nitrogens with one attached hydrogen (secondary N) is 17. The van der Waals surface area contributed by atoms with Gasteiger partial charge in [-0.15, -0.1) is 0 Å². The number of amides is 20. The van der Waals surface area contributed by atoms with E-state index in [0.29, 0.717) is 12.8 Å². The van der Waals surface area contributed by atoms with E-state index >= 15 is 0 Å². The van der Waals surface area contributed by atoms with Gasteiger partial charge in [-0.1, -0.05) is 76.2 Å². The van der Waals surface area contributed by atoms with Crippen LogP contribution in [0.25, 0.3) is 0 Å². The van der Waals surface area contributed by atoms with Crippen LogP contribution in [0.5, 0.6) is 0 Å². The Morgan fingerprint density at radius 2 is 0.734 bits per heavy atom. The molecule has 0 saturated carbocycles. The average molecular weight is 1760 g/mol. The third-order valence-electron chi connectivity index (χ3n) is 21.2. The topological polar surface area (TPSA) is 621 Å². The molecule has 0 spiro atoms. The lowest BCUT2D eigenvalue weighted by atomic mass is 9.93. The van der Waals surface area contributed by atoms with Crippen molar-refractivity contribution in [2.24, 2.45) is 35.1 Å². The molecule has 1 aliphatic heterocycles. The van der Waals surface area contributed by atoms with Crippen molar-refractivity contribution in [2.45, 2.75) is 356 Å². The van der Waals surface area contributed by atoms with E-state index in [0.717, 1.165) is 0 Å². The molecule has 1 saturated heterocycles. The van der Waals surface area contributed by atoms with E-state index in [2.05, 4.69) is 90.4 Å². The zero-order chi connectivity index (χ0) is 96.1. The minimum Gasteiger partial charge on any atom is -0.394 e. The molecular formula is C83H146N20O21. The average Bonchev–Trinajstić information content (AvgIpc) is 1.38. The molecule has 1 fully saturated rings. The summed E-state index contributed by atoms with van der Waals surface area (Å²) < 4.78 is 0. The number of aliphatic hydroxyl groups is 1. The van der Waals surface area contributed by atoms with Gasteiger partial charge in [0.05, 0.1) is 25.7 Å². The van der Waals surface area contributed by atoms with Crippen molar-refractivity contribution in [2.75, 3.05) is 26.2 Å². The number of likely N-dealkylation sites (tertiary alicyclic amines) is 1. The first kappa shape index (κ1) is 111. The van der Waals surface area contributed by atoms with E-state index in [1.807, 2.05) is 13.8 Å². The predicted molar refractivity (Wildman–Crippen MR) is 459 cm³/mol. The van der Waals surface area contributed by atoms with Crippen molar-refractivity contribution in [1.82, 2.24) is 95.3 Å². The number of carbonyl (C=O) groups excluding carboxylic acids is 20. The van der Waals surface area contributed by atoms with Crippen LogP contribution in [-0.2, 0) is 95.9 Å². The van der Waals surface area contributed by atoms with E-state index in [1.54, 1.807) is 62.3 Å². The molecule has 41 nitrogen and oxygen atoms in total. The van der Waals surface area contributed by atoms with E-state index in [-0.39, 0.29) is 88.0 Å². The number of carbonyl (C=O) groups is 20. The van der Waals surface area contributed by atoms with Crippen molar-refractivity contribution in [1.29, 1.82) is 0 Å². The van der Waals surface area contributed by atoms with Crippen LogP contribution in [0.2, 0.25) is 0 Å². The van der Waals surface area contributed by atoms with Gasteiger partial charge in [0.2, 0.25) is 118 Å². The van der Waals surface area contributed by atoms with Gasteiger partial charge in [0.25, 0.3) is 0 Å².